The molecule has 0 bridgehead atoms. The first-order chi connectivity index (χ1) is 14.3. The fraction of sp³-hybridized carbons (Fsp3) is 0.458. The summed E-state index contributed by atoms with van der Waals surface area (Å²) in [6, 6.07) is 15.6. The van der Waals surface area contributed by atoms with Crippen molar-refractivity contribution in [3.63, 3.8) is 0 Å². The van der Waals surface area contributed by atoms with Gasteiger partial charge in [-0.05, 0) is 44.9 Å². The van der Waals surface area contributed by atoms with Gasteiger partial charge >= 0.3 is 6.09 Å². The molecule has 1 aliphatic heterocycles. The minimum Gasteiger partial charge on any atom is -0.483 e. The minimum absolute atomic E-state index is 0.334. The van der Waals surface area contributed by atoms with Crippen molar-refractivity contribution in [3.8, 4) is 5.75 Å². The van der Waals surface area contributed by atoms with Crippen LogP contribution in [-0.4, -0.2) is 42.4 Å². The van der Waals surface area contributed by atoms with Gasteiger partial charge in [0.1, 0.15) is 17.5 Å². The number of hydrogen-bond acceptors (Lipinski definition) is 4. The van der Waals surface area contributed by atoms with Gasteiger partial charge in [-0.2, -0.15) is 0 Å². The summed E-state index contributed by atoms with van der Waals surface area (Å²) >= 11 is 6.39. The molecule has 162 valence electrons. The number of ether oxygens (including phenoxy) is 3. The van der Waals surface area contributed by atoms with Gasteiger partial charge in [0.05, 0.1) is 13.2 Å². The van der Waals surface area contributed by atoms with Gasteiger partial charge in [-0.1, -0.05) is 54.9 Å². The largest absolute Gasteiger partial charge is 0.483 e. The Morgan fingerprint density at radius 2 is 1.93 bits per heavy atom. The Labute approximate surface area is 183 Å². The zero-order chi connectivity index (χ0) is 21.7. The normalized spacial score (nSPS) is 18.0. The highest BCUT2D eigenvalue weighted by molar-refractivity contribution is 6.31. The summed E-state index contributed by atoms with van der Waals surface area (Å²) in [5.41, 5.74) is 1.40. The number of carbonyl (C=O) groups is 1. The van der Waals surface area contributed by atoms with E-state index in [2.05, 4.69) is 0 Å². The fourth-order valence-corrected chi connectivity index (χ4v) is 3.78. The van der Waals surface area contributed by atoms with E-state index in [1.807, 2.05) is 76.2 Å². The number of amides is 1. The average Bonchev–Trinajstić information content (AvgIpc) is 2.71. The first-order valence-corrected chi connectivity index (χ1v) is 10.7. The van der Waals surface area contributed by atoms with Crippen LogP contribution in [0.1, 0.15) is 44.9 Å². The molecule has 1 fully saturated rings. The first kappa shape index (κ1) is 22.4. The molecule has 6 heteroatoms. The summed E-state index contributed by atoms with van der Waals surface area (Å²) < 4.78 is 18.1. The second-order valence-corrected chi connectivity index (χ2v) is 8.76. The summed E-state index contributed by atoms with van der Waals surface area (Å²) in [6.45, 7) is 8.94. The fourth-order valence-electron chi connectivity index (χ4n) is 3.48. The second kappa shape index (κ2) is 9.71. The molecule has 5 nitrogen and oxygen atoms in total. The quantitative estimate of drug-likeness (QED) is 0.613. The molecular formula is C24H30ClNO4. The highest BCUT2D eigenvalue weighted by Crippen LogP contribution is 2.34. The SMILES string of the molecule is CCc1c(Cl)cccc1O[C@@H](c1ccccc1)[C@@H]1CN(C(=O)OC(C)(C)C)CCO1. The molecular weight excluding hydrogens is 402 g/mol. The molecule has 0 saturated carbocycles. The molecule has 30 heavy (non-hydrogen) atoms. The van der Waals surface area contributed by atoms with Gasteiger partial charge < -0.3 is 19.1 Å². The third-order valence-electron chi connectivity index (χ3n) is 4.89. The van der Waals surface area contributed by atoms with E-state index in [1.165, 1.54) is 0 Å². The first-order valence-electron chi connectivity index (χ1n) is 10.4. The highest BCUT2D eigenvalue weighted by atomic mass is 35.5. The van der Waals surface area contributed by atoms with Gasteiger partial charge in [0.2, 0.25) is 0 Å². The highest BCUT2D eigenvalue weighted by Gasteiger charge is 2.35. The Morgan fingerprint density at radius 3 is 2.60 bits per heavy atom. The van der Waals surface area contributed by atoms with Crippen LogP contribution < -0.4 is 4.74 Å². The van der Waals surface area contributed by atoms with E-state index in [9.17, 15) is 4.79 Å². The van der Waals surface area contributed by atoms with Crippen molar-refractivity contribution in [1.82, 2.24) is 4.90 Å². The molecule has 3 rings (SSSR count). The molecule has 0 spiro atoms. The van der Waals surface area contributed by atoms with Crippen LogP contribution in [0.3, 0.4) is 0 Å². The van der Waals surface area contributed by atoms with E-state index >= 15 is 0 Å². The number of carbonyl (C=O) groups excluding carboxylic acids is 1. The molecule has 1 aliphatic rings. The van der Waals surface area contributed by atoms with Gasteiger partial charge in [0.15, 0.2) is 6.10 Å². The smallest absolute Gasteiger partial charge is 0.410 e. The van der Waals surface area contributed by atoms with Crippen molar-refractivity contribution in [2.24, 2.45) is 0 Å². The molecule has 1 amide bonds. The maximum Gasteiger partial charge on any atom is 0.410 e. The van der Waals surface area contributed by atoms with Crippen LogP contribution in [0, 0.1) is 0 Å². The van der Waals surface area contributed by atoms with E-state index in [0.717, 1.165) is 23.3 Å². The summed E-state index contributed by atoms with van der Waals surface area (Å²) in [5.74, 6) is 0.733. The Hall–Kier alpha value is -2.24. The number of hydrogen-bond donors (Lipinski definition) is 0. The van der Waals surface area contributed by atoms with Crippen LogP contribution in [0.15, 0.2) is 48.5 Å². The molecule has 0 radical (unpaired) electrons. The van der Waals surface area contributed by atoms with Crippen LogP contribution in [0.5, 0.6) is 5.75 Å². The van der Waals surface area contributed by atoms with Crippen LogP contribution >= 0.6 is 11.6 Å². The Bertz CT molecular complexity index is 850. The molecule has 0 N–H and O–H groups in total. The molecule has 2 aromatic rings. The summed E-state index contributed by atoms with van der Waals surface area (Å²) in [7, 11) is 0. The Morgan fingerprint density at radius 1 is 1.20 bits per heavy atom. The van der Waals surface area contributed by atoms with Crippen molar-refractivity contribution in [2.75, 3.05) is 19.7 Å². The zero-order valence-corrected chi connectivity index (χ0v) is 18.8. The van der Waals surface area contributed by atoms with Crippen LogP contribution in [0.2, 0.25) is 5.02 Å². The molecule has 0 aromatic heterocycles. The van der Waals surface area contributed by atoms with Crippen LogP contribution in [-0.2, 0) is 15.9 Å². The topological polar surface area (TPSA) is 48.0 Å². The Balaban J connectivity index is 1.86. The predicted octanol–water partition coefficient (Wildman–Crippen LogP) is 5.66. The molecule has 1 saturated heterocycles. The van der Waals surface area contributed by atoms with E-state index in [4.69, 9.17) is 25.8 Å². The zero-order valence-electron chi connectivity index (χ0n) is 18.1. The number of halogens is 1. The third kappa shape index (κ3) is 5.67. The lowest BCUT2D eigenvalue weighted by Crippen LogP contribution is -2.50. The summed E-state index contributed by atoms with van der Waals surface area (Å²) in [6.07, 6.45) is -0.302. The number of nitrogens with zero attached hydrogens (tertiary/aromatic N) is 1. The van der Waals surface area contributed by atoms with E-state index < -0.39 is 5.60 Å². The van der Waals surface area contributed by atoms with Gasteiger partial charge in [0, 0.05) is 17.1 Å². The lowest BCUT2D eigenvalue weighted by Gasteiger charge is -2.37. The maximum atomic E-state index is 12.6. The number of morpholine rings is 1. The molecule has 2 aromatic carbocycles. The van der Waals surface area contributed by atoms with Crippen molar-refractivity contribution >= 4 is 17.7 Å². The van der Waals surface area contributed by atoms with Crippen LogP contribution in [0.25, 0.3) is 0 Å². The van der Waals surface area contributed by atoms with E-state index in [0.29, 0.717) is 24.7 Å². The minimum atomic E-state index is -0.545. The Kier molecular flexibility index (Phi) is 7.27. The van der Waals surface area contributed by atoms with Gasteiger partial charge in [-0.3, -0.25) is 0 Å². The predicted molar refractivity (Wildman–Crippen MR) is 118 cm³/mol. The van der Waals surface area contributed by atoms with Crippen molar-refractivity contribution < 1.29 is 19.0 Å². The second-order valence-electron chi connectivity index (χ2n) is 8.35. The third-order valence-corrected chi connectivity index (χ3v) is 5.25. The lowest BCUT2D eigenvalue weighted by molar-refractivity contribution is -0.0838. The molecule has 0 unspecified atom stereocenters. The maximum absolute atomic E-state index is 12.6. The molecule has 0 aliphatic carbocycles. The average molecular weight is 432 g/mol. The van der Waals surface area contributed by atoms with Crippen molar-refractivity contribution in [2.45, 2.75) is 51.9 Å². The van der Waals surface area contributed by atoms with E-state index in [-0.39, 0.29) is 18.3 Å². The van der Waals surface area contributed by atoms with Crippen molar-refractivity contribution in [1.29, 1.82) is 0 Å². The molecule has 2 atom stereocenters. The van der Waals surface area contributed by atoms with Gasteiger partial charge in [0.25, 0.3) is 0 Å². The monoisotopic (exact) mass is 431 g/mol. The molecule has 1 heterocycles. The summed E-state index contributed by atoms with van der Waals surface area (Å²) in [5, 5.41) is 0.682. The number of rotatable bonds is 5. The summed E-state index contributed by atoms with van der Waals surface area (Å²) in [4.78, 5) is 14.3. The van der Waals surface area contributed by atoms with Gasteiger partial charge in [-0.25, -0.2) is 4.79 Å². The van der Waals surface area contributed by atoms with E-state index in [1.54, 1.807) is 4.90 Å². The van der Waals surface area contributed by atoms with Gasteiger partial charge in [-0.15, -0.1) is 0 Å². The standard InChI is InChI=1S/C24H30ClNO4/c1-5-18-19(25)12-9-13-20(18)29-22(17-10-7-6-8-11-17)21-16-26(14-15-28-21)23(27)30-24(2,3)4/h6-13,21-22H,5,14-16H2,1-4H3/t21-,22-/m0/s1. The van der Waals surface area contributed by atoms with Crippen molar-refractivity contribution in [3.05, 3.63) is 64.7 Å². The number of benzene rings is 2. The van der Waals surface area contributed by atoms with Crippen LogP contribution in [0.4, 0.5) is 4.79 Å². The lowest BCUT2D eigenvalue weighted by atomic mass is 10.0.